The molecule has 2 aromatic carbocycles. The highest BCUT2D eigenvalue weighted by molar-refractivity contribution is 8.00. The molecule has 0 bridgehead atoms. The maximum Gasteiger partial charge on any atom is 0.243 e. The summed E-state index contributed by atoms with van der Waals surface area (Å²) < 4.78 is 36.0. The molecule has 3 heterocycles. The van der Waals surface area contributed by atoms with Gasteiger partial charge in [0.05, 0.1) is 9.92 Å². The number of sulfonamides is 1. The van der Waals surface area contributed by atoms with Crippen molar-refractivity contribution in [2.24, 2.45) is 0 Å². The number of benzene rings is 2. The molecule has 0 radical (unpaired) electrons. The van der Waals surface area contributed by atoms with Crippen molar-refractivity contribution in [1.82, 2.24) is 14.3 Å². The molecule has 2 aromatic heterocycles. The van der Waals surface area contributed by atoms with E-state index in [9.17, 15) is 8.42 Å². The molecule has 10 heteroatoms. The van der Waals surface area contributed by atoms with E-state index >= 15 is 0 Å². The van der Waals surface area contributed by atoms with Gasteiger partial charge in [-0.25, -0.2) is 18.4 Å². The van der Waals surface area contributed by atoms with Crippen LogP contribution in [0.15, 0.2) is 74.9 Å². The second kappa shape index (κ2) is 9.81. The third-order valence-corrected chi connectivity index (χ3v) is 9.56. The first-order valence-corrected chi connectivity index (χ1v) is 13.9. The predicted molar refractivity (Wildman–Crippen MR) is 139 cm³/mol. The Hall–Kier alpha value is -2.59. The molecule has 1 saturated heterocycles. The predicted octanol–water partition coefficient (Wildman–Crippen LogP) is 5.86. The van der Waals surface area contributed by atoms with E-state index in [4.69, 9.17) is 21.0 Å². The maximum atomic E-state index is 13.4. The van der Waals surface area contributed by atoms with Crippen LogP contribution in [-0.2, 0) is 10.0 Å². The highest BCUT2D eigenvalue weighted by Gasteiger charge is 2.33. The van der Waals surface area contributed by atoms with Crippen LogP contribution in [0.2, 0.25) is 5.02 Å². The summed E-state index contributed by atoms with van der Waals surface area (Å²) in [5.41, 5.74) is 2.05. The minimum atomic E-state index is -3.65. The van der Waals surface area contributed by atoms with Crippen molar-refractivity contribution >= 4 is 50.5 Å². The summed E-state index contributed by atoms with van der Waals surface area (Å²) in [5, 5.41) is 0.674. The van der Waals surface area contributed by atoms with E-state index in [1.807, 2.05) is 49.4 Å². The van der Waals surface area contributed by atoms with Gasteiger partial charge in [-0.2, -0.15) is 4.31 Å². The second-order valence-electron chi connectivity index (χ2n) is 8.48. The average molecular weight is 529 g/mol. The van der Waals surface area contributed by atoms with Gasteiger partial charge in [0.15, 0.2) is 11.5 Å². The van der Waals surface area contributed by atoms with E-state index in [1.165, 1.54) is 0 Å². The summed E-state index contributed by atoms with van der Waals surface area (Å²) in [6, 6.07) is 18.6. The smallest absolute Gasteiger partial charge is 0.243 e. The summed E-state index contributed by atoms with van der Waals surface area (Å²) in [6.07, 6.45) is 1.33. The molecule has 1 fully saturated rings. The lowest BCUT2D eigenvalue weighted by molar-refractivity contribution is 0.322. The fourth-order valence-electron chi connectivity index (χ4n) is 4.23. The lowest BCUT2D eigenvalue weighted by Gasteiger charge is -2.38. The number of hydrogen-bond acceptors (Lipinski definition) is 7. The van der Waals surface area contributed by atoms with Crippen LogP contribution in [0, 0.1) is 13.8 Å². The number of hydrogen-bond donors (Lipinski definition) is 0. The number of pyridine rings is 1. The summed E-state index contributed by atoms with van der Waals surface area (Å²) in [5.74, 6) is 1.35. The number of nitrogens with zero attached hydrogens (tertiary/aromatic N) is 4. The minimum Gasteiger partial charge on any atom is -0.441 e. The Kier molecular flexibility index (Phi) is 6.76. The van der Waals surface area contributed by atoms with Crippen LogP contribution in [0.5, 0.6) is 0 Å². The second-order valence-corrected chi connectivity index (χ2v) is 11.8. The van der Waals surface area contributed by atoms with E-state index < -0.39 is 10.0 Å². The van der Waals surface area contributed by atoms with Crippen molar-refractivity contribution in [3.8, 4) is 0 Å². The molecule has 4 aromatic rings. The van der Waals surface area contributed by atoms with Crippen molar-refractivity contribution < 1.29 is 12.8 Å². The zero-order valence-corrected chi connectivity index (χ0v) is 21.8. The minimum absolute atomic E-state index is 0.0939. The van der Waals surface area contributed by atoms with E-state index in [-0.39, 0.29) is 10.9 Å². The number of rotatable bonds is 6. The summed E-state index contributed by atoms with van der Waals surface area (Å²) in [6.45, 7) is 4.52. The summed E-state index contributed by atoms with van der Waals surface area (Å²) in [4.78, 5) is 10.1. The van der Waals surface area contributed by atoms with Crippen LogP contribution >= 0.6 is 23.5 Å². The van der Waals surface area contributed by atoms with Crippen LogP contribution in [0.3, 0.4) is 0 Å². The van der Waals surface area contributed by atoms with Crippen molar-refractivity contribution in [2.45, 2.75) is 42.5 Å². The van der Waals surface area contributed by atoms with Gasteiger partial charge < -0.3 is 4.42 Å². The van der Waals surface area contributed by atoms with E-state index in [0.29, 0.717) is 47.9 Å². The first-order chi connectivity index (χ1) is 16.8. The van der Waals surface area contributed by atoms with Gasteiger partial charge in [0.2, 0.25) is 10.0 Å². The van der Waals surface area contributed by atoms with Crippen LogP contribution in [0.25, 0.3) is 11.1 Å². The van der Waals surface area contributed by atoms with Gasteiger partial charge in [0.25, 0.3) is 0 Å². The van der Waals surface area contributed by atoms with Gasteiger partial charge in [0.1, 0.15) is 11.3 Å². The van der Waals surface area contributed by atoms with E-state index in [2.05, 4.69) is 9.29 Å². The Bertz CT molecular complexity index is 1470. The Morgan fingerprint density at radius 3 is 2.54 bits per heavy atom. The first-order valence-electron chi connectivity index (χ1n) is 11.3. The molecule has 182 valence electrons. The molecule has 0 atom stereocenters. The number of piperidine rings is 1. The third-order valence-electron chi connectivity index (χ3n) is 5.99. The van der Waals surface area contributed by atoms with Gasteiger partial charge >= 0.3 is 0 Å². The molecule has 1 aliphatic rings. The first kappa shape index (κ1) is 24.1. The largest absolute Gasteiger partial charge is 0.441 e. The monoisotopic (exact) mass is 528 g/mol. The maximum absolute atomic E-state index is 13.4. The molecule has 5 rings (SSSR count). The lowest BCUT2D eigenvalue weighted by atomic mass is 10.1. The van der Waals surface area contributed by atoms with Crippen LogP contribution < -0.4 is 4.31 Å². The average Bonchev–Trinajstić information content (AvgIpc) is 3.23. The Morgan fingerprint density at radius 2 is 1.80 bits per heavy atom. The van der Waals surface area contributed by atoms with Gasteiger partial charge in [-0.05, 0) is 68.1 Å². The van der Waals surface area contributed by atoms with Crippen LogP contribution in [-0.4, -0.2) is 41.8 Å². The van der Waals surface area contributed by atoms with Crippen molar-refractivity contribution in [3.05, 3.63) is 77.3 Å². The van der Waals surface area contributed by atoms with Gasteiger partial charge in [-0.15, -0.1) is 0 Å². The Labute approximate surface area is 214 Å². The Balaban J connectivity index is 1.37. The SMILES string of the molecule is Cc1cccc(N(Sc2ccccc2Cl)C2CCN(S(=O)(=O)c3ccc4nc(C)oc4c3)CC2)n1. The number of oxazole rings is 1. The molecular formula is C25H25ClN4O3S2. The highest BCUT2D eigenvalue weighted by Crippen LogP contribution is 2.37. The zero-order valence-electron chi connectivity index (χ0n) is 19.4. The standard InChI is InChI=1S/C25H25ClN4O3S2/c1-17-6-5-9-25(27-17)30(34-24-8-4-3-7-21(24)26)19-12-14-29(15-13-19)35(31,32)20-10-11-22-23(16-20)33-18(2)28-22/h3-11,16,19H,12-15H2,1-2H3. The van der Waals surface area contributed by atoms with Crippen LogP contribution in [0.4, 0.5) is 5.82 Å². The number of aromatic nitrogens is 2. The number of aryl methyl sites for hydroxylation is 2. The van der Waals surface area contributed by atoms with Gasteiger partial charge in [-0.1, -0.05) is 29.8 Å². The molecule has 35 heavy (non-hydrogen) atoms. The van der Waals surface area contributed by atoms with E-state index in [0.717, 1.165) is 16.4 Å². The molecular weight excluding hydrogens is 504 g/mol. The summed E-state index contributed by atoms with van der Waals surface area (Å²) in [7, 11) is -3.65. The molecule has 0 spiro atoms. The molecule has 7 nitrogen and oxygen atoms in total. The fraction of sp³-hybridized carbons (Fsp3) is 0.280. The highest BCUT2D eigenvalue weighted by atomic mass is 35.5. The molecule has 0 amide bonds. The lowest BCUT2D eigenvalue weighted by Crippen LogP contribution is -2.45. The third kappa shape index (κ3) is 5.04. The van der Waals surface area contributed by atoms with Crippen molar-refractivity contribution in [1.29, 1.82) is 0 Å². The quantitative estimate of drug-likeness (QED) is 0.290. The van der Waals surface area contributed by atoms with Gasteiger partial charge in [0, 0.05) is 42.7 Å². The summed E-state index contributed by atoms with van der Waals surface area (Å²) >= 11 is 8.00. The van der Waals surface area contributed by atoms with Gasteiger partial charge in [-0.3, -0.25) is 4.31 Å². The van der Waals surface area contributed by atoms with Crippen LogP contribution in [0.1, 0.15) is 24.4 Å². The number of anilines is 1. The molecule has 0 aliphatic carbocycles. The number of halogens is 1. The molecule has 0 N–H and O–H groups in total. The molecule has 1 aliphatic heterocycles. The fourth-order valence-corrected chi connectivity index (χ4v) is 7.02. The number of fused-ring (bicyclic) bond motifs is 1. The molecule has 0 saturated carbocycles. The molecule has 0 unspecified atom stereocenters. The zero-order chi connectivity index (χ0) is 24.6. The van der Waals surface area contributed by atoms with E-state index in [1.54, 1.807) is 41.4 Å². The normalized spacial score (nSPS) is 15.5. The van der Waals surface area contributed by atoms with Crippen molar-refractivity contribution in [2.75, 3.05) is 17.4 Å². The topological polar surface area (TPSA) is 79.5 Å². The van der Waals surface area contributed by atoms with Crippen molar-refractivity contribution in [3.63, 3.8) is 0 Å². The Morgan fingerprint density at radius 1 is 1.03 bits per heavy atom.